The molecule has 1 aromatic rings. The Balaban J connectivity index is 2.11. The molecule has 4 heteroatoms. The maximum atomic E-state index is 12.7. The van der Waals surface area contributed by atoms with Crippen LogP contribution in [0.5, 0.6) is 0 Å². The molecular formula is C16H24N2O2. The highest BCUT2D eigenvalue weighted by molar-refractivity contribution is 5.95. The number of amides is 1. The van der Waals surface area contributed by atoms with Gasteiger partial charge in [-0.1, -0.05) is 19.1 Å². The summed E-state index contributed by atoms with van der Waals surface area (Å²) >= 11 is 0. The van der Waals surface area contributed by atoms with Gasteiger partial charge in [-0.2, -0.15) is 0 Å². The second-order valence-electron chi connectivity index (χ2n) is 5.47. The van der Waals surface area contributed by atoms with Crippen molar-refractivity contribution in [1.29, 1.82) is 0 Å². The summed E-state index contributed by atoms with van der Waals surface area (Å²) in [5, 5.41) is 6.36. The molecule has 0 radical (unpaired) electrons. The first-order valence-corrected chi connectivity index (χ1v) is 7.30. The second-order valence-corrected chi connectivity index (χ2v) is 5.47. The number of carbonyl (C=O) groups is 1. The molecule has 0 unspecified atom stereocenters. The number of aryl methyl sites for hydroxylation is 1. The molecule has 0 bridgehead atoms. The Hall–Kier alpha value is -1.39. The van der Waals surface area contributed by atoms with Crippen molar-refractivity contribution in [3.8, 4) is 0 Å². The van der Waals surface area contributed by atoms with E-state index in [0.717, 1.165) is 38.0 Å². The molecule has 110 valence electrons. The number of benzene rings is 1. The fourth-order valence-electron chi connectivity index (χ4n) is 2.75. The molecule has 1 amide bonds. The molecule has 1 aliphatic heterocycles. The number of carbonyl (C=O) groups excluding carboxylic acids is 1. The number of ether oxygens (including phenoxy) is 1. The first kappa shape index (κ1) is 15.0. The SMILES string of the molecule is CCc1cccc(NC(=O)C2(COC)CCNCC2)c1. The number of hydrogen-bond donors (Lipinski definition) is 2. The van der Waals surface area contributed by atoms with Gasteiger partial charge in [-0.25, -0.2) is 0 Å². The monoisotopic (exact) mass is 276 g/mol. The van der Waals surface area contributed by atoms with Crippen molar-refractivity contribution in [3.63, 3.8) is 0 Å². The average molecular weight is 276 g/mol. The lowest BCUT2D eigenvalue weighted by molar-refractivity contribution is -0.130. The Bertz CT molecular complexity index is 448. The Morgan fingerprint density at radius 2 is 2.15 bits per heavy atom. The number of rotatable bonds is 5. The van der Waals surface area contributed by atoms with Crippen LogP contribution in [-0.4, -0.2) is 32.7 Å². The third kappa shape index (κ3) is 3.38. The predicted octanol–water partition coefficient (Wildman–Crippen LogP) is 2.20. The fraction of sp³-hybridized carbons (Fsp3) is 0.562. The standard InChI is InChI=1S/C16H24N2O2/c1-3-13-5-4-6-14(11-13)18-15(19)16(12-20-2)7-9-17-10-8-16/h4-6,11,17H,3,7-10,12H2,1-2H3,(H,18,19). The molecule has 0 saturated carbocycles. The summed E-state index contributed by atoms with van der Waals surface area (Å²) in [4.78, 5) is 12.7. The van der Waals surface area contributed by atoms with E-state index < -0.39 is 5.41 Å². The number of anilines is 1. The van der Waals surface area contributed by atoms with Gasteiger partial charge in [-0.3, -0.25) is 4.79 Å². The van der Waals surface area contributed by atoms with Gasteiger partial charge in [-0.15, -0.1) is 0 Å². The normalized spacial score (nSPS) is 17.7. The van der Waals surface area contributed by atoms with Crippen LogP contribution in [0.15, 0.2) is 24.3 Å². The van der Waals surface area contributed by atoms with E-state index >= 15 is 0 Å². The van der Waals surface area contributed by atoms with Crippen LogP contribution in [0.2, 0.25) is 0 Å². The van der Waals surface area contributed by atoms with Crippen molar-refractivity contribution in [2.45, 2.75) is 26.2 Å². The van der Waals surface area contributed by atoms with Crippen LogP contribution < -0.4 is 10.6 Å². The van der Waals surface area contributed by atoms with Gasteiger partial charge in [0.1, 0.15) is 0 Å². The molecule has 0 aliphatic carbocycles. The number of hydrogen-bond acceptors (Lipinski definition) is 3. The molecular weight excluding hydrogens is 252 g/mol. The summed E-state index contributed by atoms with van der Waals surface area (Å²) in [5.74, 6) is 0.0779. The highest BCUT2D eigenvalue weighted by Gasteiger charge is 2.39. The molecule has 1 fully saturated rings. The highest BCUT2D eigenvalue weighted by atomic mass is 16.5. The summed E-state index contributed by atoms with van der Waals surface area (Å²) in [7, 11) is 1.66. The van der Waals surface area contributed by atoms with Crippen LogP contribution in [0.4, 0.5) is 5.69 Å². The lowest BCUT2D eigenvalue weighted by Gasteiger charge is -2.35. The van der Waals surface area contributed by atoms with Crippen molar-refractivity contribution in [1.82, 2.24) is 5.32 Å². The maximum absolute atomic E-state index is 12.7. The van der Waals surface area contributed by atoms with Gasteiger partial charge in [-0.05, 0) is 50.0 Å². The first-order chi connectivity index (χ1) is 9.70. The molecule has 1 aliphatic rings. The van der Waals surface area contributed by atoms with Gasteiger partial charge in [0, 0.05) is 12.8 Å². The van der Waals surface area contributed by atoms with E-state index in [9.17, 15) is 4.79 Å². The van der Waals surface area contributed by atoms with Crippen molar-refractivity contribution >= 4 is 11.6 Å². The minimum Gasteiger partial charge on any atom is -0.384 e. The van der Waals surface area contributed by atoms with Crippen LogP contribution in [0.1, 0.15) is 25.3 Å². The smallest absolute Gasteiger partial charge is 0.233 e. The molecule has 1 saturated heterocycles. The Morgan fingerprint density at radius 1 is 1.40 bits per heavy atom. The van der Waals surface area contributed by atoms with E-state index in [2.05, 4.69) is 23.6 Å². The fourth-order valence-corrected chi connectivity index (χ4v) is 2.75. The lowest BCUT2D eigenvalue weighted by atomic mass is 9.78. The minimum atomic E-state index is -0.401. The summed E-state index contributed by atoms with van der Waals surface area (Å²) in [6.07, 6.45) is 2.61. The van der Waals surface area contributed by atoms with Crippen LogP contribution in [-0.2, 0) is 16.0 Å². The summed E-state index contributed by atoms with van der Waals surface area (Å²) < 4.78 is 5.30. The van der Waals surface area contributed by atoms with Gasteiger partial charge in [0.15, 0.2) is 0 Å². The summed E-state index contributed by atoms with van der Waals surface area (Å²) in [6.45, 7) is 4.33. The third-order valence-electron chi connectivity index (χ3n) is 4.06. The number of nitrogens with one attached hydrogen (secondary N) is 2. The number of piperidine rings is 1. The van der Waals surface area contributed by atoms with Crippen LogP contribution >= 0.6 is 0 Å². The molecule has 1 heterocycles. The zero-order valence-corrected chi connectivity index (χ0v) is 12.4. The van der Waals surface area contributed by atoms with E-state index in [0.29, 0.717) is 6.61 Å². The van der Waals surface area contributed by atoms with Gasteiger partial charge < -0.3 is 15.4 Å². The predicted molar refractivity (Wildman–Crippen MR) is 80.9 cm³/mol. The van der Waals surface area contributed by atoms with Crippen molar-refractivity contribution in [2.24, 2.45) is 5.41 Å². The first-order valence-electron chi connectivity index (χ1n) is 7.30. The van der Waals surface area contributed by atoms with Gasteiger partial charge in [0.25, 0.3) is 0 Å². The topological polar surface area (TPSA) is 50.4 Å². The summed E-state index contributed by atoms with van der Waals surface area (Å²) in [5.41, 5.74) is 1.71. The largest absolute Gasteiger partial charge is 0.384 e. The van der Waals surface area contributed by atoms with E-state index in [-0.39, 0.29) is 5.91 Å². The van der Waals surface area contributed by atoms with Gasteiger partial charge >= 0.3 is 0 Å². The molecule has 0 aromatic heterocycles. The molecule has 0 spiro atoms. The average Bonchev–Trinajstić information content (AvgIpc) is 2.48. The molecule has 1 aromatic carbocycles. The molecule has 2 N–H and O–H groups in total. The zero-order chi connectivity index (χ0) is 14.4. The van der Waals surface area contributed by atoms with Crippen molar-refractivity contribution in [3.05, 3.63) is 29.8 Å². The minimum absolute atomic E-state index is 0.0779. The van der Waals surface area contributed by atoms with E-state index in [1.54, 1.807) is 7.11 Å². The van der Waals surface area contributed by atoms with Crippen LogP contribution in [0.25, 0.3) is 0 Å². The summed E-state index contributed by atoms with van der Waals surface area (Å²) in [6, 6.07) is 8.04. The van der Waals surface area contributed by atoms with Crippen LogP contribution in [0, 0.1) is 5.41 Å². The zero-order valence-electron chi connectivity index (χ0n) is 12.4. The Kier molecular flexibility index (Phi) is 5.15. The van der Waals surface area contributed by atoms with Crippen molar-refractivity contribution < 1.29 is 9.53 Å². The molecule has 4 nitrogen and oxygen atoms in total. The second kappa shape index (κ2) is 6.86. The lowest BCUT2D eigenvalue weighted by Crippen LogP contribution is -2.47. The third-order valence-corrected chi connectivity index (χ3v) is 4.06. The van der Waals surface area contributed by atoms with E-state index in [1.165, 1.54) is 5.56 Å². The van der Waals surface area contributed by atoms with Gasteiger partial charge in [0.2, 0.25) is 5.91 Å². The van der Waals surface area contributed by atoms with Gasteiger partial charge in [0.05, 0.1) is 12.0 Å². The van der Waals surface area contributed by atoms with Crippen molar-refractivity contribution in [2.75, 3.05) is 32.1 Å². The highest BCUT2D eigenvalue weighted by Crippen LogP contribution is 2.31. The maximum Gasteiger partial charge on any atom is 0.233 e. The van der Waals surface area contributed by atoms with E-state index in [4.69, 9.17) is 4.74 Å². The number of methoxy groups -OCH3 is 1. The quantitative estimate of drug-likeness (QED) is 0.867. The molecule has 2 rings (SSSR count). The van der Waals surface area contributed by atoms with E-state index in [1.807, 2.05) is 18.2 Å². The molecule has 0 atom stereocenters. The molecule has 20 heavy (non-hydrogen) atoms. The Morgan fingerprint density at radius 3 is 2.80 bits per heavy atom. The van der Waals surface area contributed by atoms with Crippen LogP contribution in [0.3, 0.4) is 0 Å². The Labute approximate surface area is 120 Å².